The summed E-state index contributed by atoms with van der Waals surface area (Å²) in [5, 5.41) is 4.52. The number of aryl methyl sites for hydroxylation is 1. The van der Waals surface area contributed by atoms with E-state index in [4.69, 9.17) is 0 Å². The maximum atomic E-state index is 4.52. The summed E-state index contributed by atoms with van der Waals surface area (Å²) in [5.41, 5.74) is 2.53. The zero-order chi connectivity index (χ0) is 10.2. The van der Waals surface area contributed by atoms with Gasteiger partial charge in [-0.15, -0.1) is 0 Å². The van der Waals surface area contributed by atoms with Gasteiger partial charge in [-0.25, -0.2) is 0 Å². The topological polar surface area (TPSA) is 17.8 Å². The van der Waals surface area contributed by atoms with Gasteiger partial charge in [-0.1, -0.05) is 13.8 Å². The molecule has 0 aliphatic rings. The van der Waals surface area contributed by atoms with E-state index in [0.717, 1.165) is 5.69 Å². The molecule has 74 valence electrons. The van der Waals surface area contributed by atoms with Gasteiger partial charge in [-0.2, -0.15) is 5.10 Å². The van der Waals surface area contributed by atoms with E-state index in [0.29, 0.717) is 5.92 Å². The normalized spacial score (nSPS) is 12.5. The Bertz CT molecular complexity index is 290. The Kier molecular flexibility index (Phi) is 2.51. The molecule has 2 heteroatoms. The Labute approximate surface area is 81.0 Å². The largest absolute Gasteiger partial charge is 0.264 e. The fraction of sp³-hybridized carbons (Fsp3) is 0.727. The van der Waals surface area contributed by atoms with Crippen molar-refractivity contribution in [1.82, 2.24) is 9.78 Å². The minimum Gasteiger partial charge on any atom is -0.264 e. The van der Waals surface area contributed by atoms with Crippen LogP contribution in [0.2, 0.25) is 0 Å². The van der Waals surface area contributed by atoms with Crippen molar-refractivity contribution in [2.45, 2.75) is 53.0 Å². The minimum absolute atomic E-state index is 0.0911. The first-order valence-corrected chi connectivity index (χ1v) is 4.89. The van der Waals surface area contributed by atoms with Gasteiger partial charge in [0.1, 0.15) is 0 Å². The van der Waals surface area contributed by atoms with Gasteiger partial charge in [0.2, 0.25) is 0 Å². The summed E-state index contributed by atoms with van der Waals surface area (Å²) in [7, 11) is 0. The van der Waals surface area contributed by atoms with Crippen molar-refractivity contribution in [1.29, 1.82) is 0 Å². The van der Waals surface area contributed by atoms with Crippen LogP contribution in [0.4, 0.5) is 0 Å². The number of aromatic nitrogens is 2. The van der Waals surface area contributed by atoms with Gasteiger partial charge >= 0.3 is 0 Å². The second-order valence-corrected chi connectivity index (χ2v) is 4.95. The molecule has 0 N–H and O–H groups in total. The summed E-state index contributed by atoms with van der Waals surface area (Å²) in [6.45, 7) is 13.0. The lowest BCUT2D eigenvalue weighted by molar-refractivity contribution is 0.337. The average Bonchev–Trinajstić information content (AvgIpc) is 2.29. The minimum atomic E-state index is 0.0911. The highest BCUT2D eigenvalue weighted by molar-refractivity contribution is 5.14. The van der Waals surface area contributed by atoms with E-state index in [9.17, 15) is 0 Å². The fourth-order valence-corrected chi connectivity index (χ4v) is 1.47. The molecule has 0 saturated carbocycles. The zero-order valence-electron chi connectivity index (χ0n) is 9.55. The van der Waals surface area contributed by atoms with Gasteiger partial charge in [-0.05, 0) is 39.7 Å². The van der Waals surface area contributed by atoms with Crippen molar-refractivity contribution in [2.24, 2.45) is 0 Å². The molecule has 0 fully saturated rings. The first kappa shape index (κ1) is 10.3. The second kappa shape index (κ2) is 3.17. The zero-order valence-corrected chi connectivity index (χ0v) is 9.55. The number of hydrogen-bond donors (Lipinski definition) is 0. The summed E-state index contributed by atoms with van der Waals surface area (Å²) in [5.74, 6) is 0.542. The van der Waals surface area contributed by atoms with Crippen LogP contribution in [0, 0.1) is 6.92 Å². The number of rotatable bonds is 1. The maximum Gasteiger partial charge on any atom is 0.0596 e. The Balaban J connectivity index is 3.20. The van der Waals surface area contributed by atoms with Crippen LogP contribution < -0.4 is 0 Å². The predicted molar refractivity (Wildman–Crippen MR) is 56.0 cm³/mol. The molecule has 1 rings (SSSR count). The summed E-state index contributed by atoms with van der Waals surface area (Å²) in [6, 6.07) is 2.18. The van der Waals surface area contributed by atoms with Crippen LogP contribution in [0.1, 0.15) is 51.9 Å². The summed E-state index contributed by atoms with van der Waals surface area (Å²) in [6.07, 6.45) is 0. The van der Waals surface area contributed by atoms with Crippen molar-refractivity contribution in [3.05, 3.63) is 17.5 Å². The predicted octanol–water partition coefficient (Wildman–Crippen LogP) is 3.07. The first-order valence-electron chi connectivity index (χ1n) is 4.89. The monoisotopic (exact) mass is 180 g/mol. The van der Waals surface area contributed by atoms with Crippen LogP contribution in [-0.4, -0.2) is 9.78 Å². The van der Waals surface area contributed by atoms with Crippen molar-refractivity contribution >= 4 is 0 Å². The molecular formula is C11H20N2. The molecule has 0 atom stereocenters. The highest BCUT2D eigenvalue weighted by Crippen LogP contribution is 2.22. The van der Waals surface area contributed by atoms with Crippen LogP contribution in [0.25, 0.3) is 0 Å². The highest BCUT2D eigenvalue weighted by Gasteiger charge is 2.19. The lowest BCUT2D eigenvalue weighted by Gasteiger charge is -2.23. The van der Waals surface area contributed by atoms with Crippen LogP contribution in [-0.2, 0) is 5.54 Å². The Morgan fingerprint density at radius 3 is 2.15 bits per heavy atom. The van der Waals surface area contributed by atoms with E-state index in [1.807, 2.05) is 6.92 Å². The first-order chi connectivity index (χ1) is 5.82. The Morgan fingerprint density at radius 2 is 1.85 bits per heavy atom. The fourth-order valence-electron chi connectivity index (χ4n) is 1.47. The molecule has 0 radical (unpaired) electrons. The summed E-state index contributed by atoms with van der Waals surface area (Å²) in [4.78, 5) is 0. The van der Waals surface area contributed by atoms with Gasteiger partial charge in [0.25, 0.3) is 0 Å². The van der Waals surface area contributed by atoms with Crippen molar-refractivity contribution in [2.75, 3.05) is 0 Å². The third kappa shape index (κ3) is 2.11. The summed E-state index contributed by atoms with van der Waals surface area (Å²) >= 11 is 0. The van der Waals surface area contributed by atoms with Crippen LogP contribution in [0.15, 0.2) is 6.07 Å². The SMILES string of the molecule is Cc1cc(C(C)C)n(C(C)(C)C)n1. The standard InChI is InChI=1S/C11H20N2/c1-8(2)10-7-9(3)12-13(10)11(4,5)6/h7-8H,1-6H3. The molecule has 1 aromatic rings. The molecule has 0 spiro atoms. The van der Waals surface area contributed by atoms with E-state index >= 15 is 0 Å². The molecule has 13 heavy (non-hydrogen) atoms. The van der Waals surface area contributed by atoms with E-state index in [2.05, 4.69) is 50.5 Å². The number of nitrogens with zero attached hydrogens (tertiary/aromatic N) is 2. The summed E-state index contributed by atoms with van der Waals surface area (Å²) < 4.78 is 2.13. The molecule has 0 aromatic carbocycles. The van der Waals surface area contributed by atoms with Crippen molar-refractivity contribution in [3.8, 4) is 0 Å². The van der Waals surface area contributed by atoms with Gasteiger partial charge in [0.05, 0.1) is 11.2 Å². The lowest BCUT2D eigenvalue weighted by Crippen LogP contribution is -2.25. The quantitative estimate of drug-likeness (QED) is 0.649. The number of hydrogen-bond acceptors (Lipinski definition) is 1. The molecule has 0 aliphatic carbocycles. The lowest BCUT2D eigenvalue weighted by atomic mass is 10.1. The van der Waals surface area contributed by atoms with Gasteiger partial charge in [-0.3, -0.25) is 4.68 Å². The third-order valence-electron chi connectivity index (χ3n) is 2.09. The van der Waals surface area contributed by atoms with E-state index in [1.165, 1.54) is 5.69 Å². The van der Waals surface area contributed by atoms with E-state index < -0.39 is 0 Å². The average molecular weight is 180 g/mol. The van der Waals surface area contributed by atoms with Crippen molar-refractivity contribution < 1.29 is 0 Å². The molecule has 2 nitrogen and oxygen atoms in total. The third-order valence-corrected chi connectivity index (χ3v) is 2.09. The van der Waals surface area contributed by atoms with Gasteiger partial charge in [0, 0.05) is 5.69 Å². The smallest absolute Gasteiger partial charge is 0.0596 e. The highest BCUT2D eigenvalue weighted by atomic mass is 15.3. The molecular weight excluding hydrogens is 160 g/mol. The molecule has 0 amide bonds. The molecule has 0 bridgehead atoms. The van der Waals surface area contributed by atoms with Gasteiger partial charge in [0.15, 0.2) is 0 Å². The van der Waals surface area contributed by atoms with Crippen LogP contribution in [0.3, 0.4) is 0 Å². The Morgan fingerprint density at radius 1 is 1.31 bits per heavy atom. The molecule has 0 aliphatic heterocycles. The second-order valence-electron chi connectivity index (χ2n) is 4.95. The van der Waals surface area contributed by atoms with Crippen LogP contribution in [0.5, 0.6) is 0 Å². The van der Waals surface area contributed by atoms with Gasteiger partial charge < -0.3 is 0 Å². The van der Waals surface area contributed by atoms with Crippen molar-refractivity contribution in [3.63, 3.8) is 0 Å². The molecule has 0 unspecified atom stereocenters. The Hall–Kier alpha value is -0.790. The molecule has 1 heterocycles. The van der Waals surface area contributed by atoms with Crippen LogP contribution >= 0.6 is 0 Å². The van der Waals surface area contributed by atoms with E-state index in [1.54, 1.807) is 0 Å². The van der Waals surface area contributed by atoms with E-state index in [-0.39, 0.29) is 5.54 Å². The molecule has 1 aromatic heterocycles. The molecule has 0 saturated heterocycles. The maximum absolute atomic E-state index is 4.52.